The van der Waals surface area contributed by atoms with Gasteiger partial charge < -0.3 is 14.8 Å². The molecule has 0 spiro atoms. The van der Waals surface area contributed by atoms with Crippen molar-refractivity contribution in [1.82, 2.24) is 5.32 Å². The maximum absolute atomic E-state index is 12.3. The maximum atomic E-state index is 12.3. The molecule has 0 fully saturated rings. The Morgan fingerprint density at radius 3 is 2.21 bits per heavy atom. The molecular weight excluding hydrogens is 310 g/mol. The quantitative estimate of drug-likeness (QED) is 0.674. The summed E-state index contributed by atoms with van der Waals surface area (Å²) in [5.74, 6) is -1.26. The maximum Gasteiger partial charge on any atom is 0.308 e. The van der Waals surface area contributed by atoms with E-state index >= 15 is 0 Å². The fraction of sp³-hybridized carbons (Fsp3) is 0.167. The van der Waals surface area contributed by atoms with Crippen molar-refractivity contribution in [3.05, 3.63) is 59.7 Å². The topological polar surface area (TPSA) is 81.7 Å². The Hall–Kier alpha value is -3.15. The molecular formula is C18H17NO5. The third kappa shape index (κ3) is 4.95. The first-order valence-electron chi connectivity index (χ1n) is 7.28. The number of amides is 1. The van der Waals surface area contributed by atoms with E-state index in [-0.39, 0.29) is 17.1 Å². The normalized spacial score (nSPS) is 9.92. The fourth-order valence-electron chi connectivity index (χ4n) is 2.03. The Bertz CT molecular complexity index is 755. The number of nitrogens with one attached hydrogen (secondary N) is 1. The van der Waals surface area contributed by atoms with E-state index in [2.05, 4.69) is 5.32 Å². The number of rotatable bonds is 5. The minimum Gasteiger partial charge on any atom is -0.427 e. The molecule has 0 aliphatic rings. The third-order valence-electron chi connectivity index (χ3n) is 3.01. The summed E-state index contributed by atoms with van der Waals surface area (Å²) in [4.78, 5) is 34.6. The van der Waals surface area contributed by atoms with Gasteiger partial charge >= 0.3 is 11.9 Å². The number of ether oxygens (including phenoxy) is 2. The molecule has 2 rings (SSSR count). The van der Waals surface area contributed by atoms with Crippen LogP contribution < -0.4 is 14.8 Å². The number of hydrogen-bond acceptors (Lipinski definition) is 5. The van der Waals surface area contributed by atoms with Crippen LogP contribution in [0.3, 0.4) is 0 Å². The van der Waals surface area contributed by atoms with Crippen molar-refractivity contribution < 1.29 is 23.9 Å². The molecule has 0 unspecified atom stereocenters. The summed E-state index contributed by atoms with van der Waals surface area (Å²) < 4.78 is 9.99. The minimum absolute atomic E-state index is 0.0341. The molecule has 0 aliphatic heterocycles. The van der Waals surface area contributed by atoms with Crippen LogP contribution >= 0.6 is 0 Å². The van der Waals surface area contributed by atoms with Crippen LogP contribution in [0.1, 0.15) is 29.8 Å². The van der Waals surface area contributed by atoms with Gasteiger partial charge in [0.15, 0.2) is 0 Å². The van der Waals surface area contributed by atoms with Gasteiger partial charge in [-0.15, -0.1) is 0 Å². The number of carbonyl (C=O) groups is 3. The first-order valence-corrected chi connectivity index (χ1v) is 7.28. The second-order valence-corrected chi connectivity index (χ2v) is 5.01. The standard InChI is InChI=1S/C18H17NO5/c1-12(20)23-15-8-9-16(17(10-15)24-13(2)21)18(22)19-11-14-6-4-3-5-7-14/h3-10H,11H2,1-2H3,(H,19,22). The molecule has 0 aliphatic carbocycles. The molecule has 0 atom stereocenters. The zero-order chi connectivity index (χ0) is 17.5. The minimum atomic E-state index is -0.577. The first kappa shape index (κ1) is 17.2. The SMILES string of the molecule is CC(=O)Oc1ccc(C(=O)NCc2ccccc2)c(OC(C)=O)c1. The van der Waals surface area contributed by atoms with Crippen molar-refractivity contribution in [2.75, 3.05) is 0 Å². The number of esters is 2. The van der Waals surface area contributed by atoms with E-state index in [1.54, 1.807) is 0 Å². The Kier molecular flexibility index (Phi) is 5.68. The molecule has 0 heterocycles. The highest BCUT2D eigenvalue weighted by atomic mass is 16.5. The summed E-state index contributed by atoms with van der Waals surface area (Å²) in [7, 11) is 0. The Balaban J connectivity index is 2.18. The molecule has 0 bridgehead atoms. The number of carbonyl (C=O) groups excluding carboxylic acids is 3. The van der Waals surface area contributed by atoms with Gasteiger partial charge in [-0.2, -0.15) is 0 Å². The molecule has 0 saturated carbocycles. The molecule has 124 valence electrons. The molecule has 0 saturated heterocycles. The summed E-state index contributed by atoms with van der Waals surface area (Å²) in [6.45, 7) is 2.82. The Labute approximate surface area is 139 Å². The van der Waals surface area contributed by atoms with Gasteiger partial charge in [-0.1, -0.05) is 30.3 Å². The first-order chi connectivity index (χ1) is 11.5. The van der Waals surface area contributed by atoms with E-state index in [0.29, 0.717) is 6.54 Å². The molecule has 0 radical (unpaired) electrons. The van der Waals surface area contributed by atoms with Crippen molar-refractivity contribution >= 4 is 17.8 Å². The van der Waals surface area contributed by atoms with Crippen LogP contribution in [0.4, 0.5) is 0 Å². The molecule has 24 heavy (non-hydrogen) atoms. The summed E-state index contributed by atoms with van der Waals surface area (Å²) >= 11 is 0. The zero-order valence-electron chi connectivity index (χ0n) is 13.4. The molecule has 6 heteroatoms. The van der Waals surface area contributed by atoms with Crippen LogP contribution in [0.15, 0.2) is 48.5 Å². The zero-order valence-corrected chi connectivity index (χ0v) is 13.4. The van der Waals surface area contributed by atoms with E-state index in [9.17, 15) is 14.4 Å². The molecule has 2 aromatic rings. The van der Waals surface area contributed by atoms with Crippen molar-refractivity contribution in [1.29, 1.82) is 0 Å². The van der Waals surface area contributed by atoms with Crippen LogP contribution in [-0.2, 0) is 16.1 Å². The predicted octanol–water partition coefficient (Wildman–Crippen LogP) is 2.47. The van der Waals surface area contributed by atoms with E-state index in [1.165, 1.54) is 32.0 Å². The highest BCUT2D eigenvalue weighted by molar-refractivity contribution is 5.97. The van der Waals surface area contributed by atoms with Crippen LogP contribution in [0.25, 0.3) is 0 Å². The smallest absolute Gasteiger partial charge is 0.308 e. The average Bonchev–Trinajstić information content (AvgIpc) is 2.52. The van der Waals surface area contributed by atoms with E-state index in [0.717, 1.165) is 5.56 Å². The lowest BCUT2D eigenvalue weighted by atomic mass is 10.1. The van der Waals surface area contributed by atoms with Crippen molar-refractivity contribution in [3.8, 4) is 11.5 Å². The highest BCUT2D eigenvalue weighted by Gasteiger charge is 2.16. The second kappa shape index (κ2) is 7.92. The van der Waals surface area contributed by atoms with Gasteiger partial charge in [0.05, 0.1) is 5.56 Å². The van der Waals surface area contributed by atoms with Crippen LogP contribution in [0, 0.1) is 0 Å². The molecule has 0 aromatic heterocycles. The van der Waals surface area contributed by atoms with Gasteiger partial charge in [-0.05, 0) is 17.7 Å². The van der Waals surface area contributed by atoms with Crippen molar-refractivity contribution in [3.63, 3.8) is 0 Å². The molecule has 1 amide bonds. The van der Waals surface area contributed by atoms with E-state index in [1.807, 2.05) is 30.3 Å². The number of hydrogen-bond donors (Lipinski definition) is 1. The molecule has 1 N–H and O–H groups in total. The van der Waals surface area contributed by atoms with Crippen molar-refractivity contribution in [2.24, 2.45) is 0 Å². The second-order valence-electron chi connectivity index (χ2n) is 5.01. The van der Waals surface area contributed by atoms with Crippen LogP contribution in [0.5, 0.6) is 11.5 Å². The molecule has 6 nitrogen and oxygen atoms in total. The van der Waals surface area contributed by atoms with Gasteiger partial charge in [0.1, 0.15) is 11.5 Å². The summed E-state index contributed by atoms with van der Waals surface area (Å²) in [5.41, 5.74) is 1.12. The van der Waals surface area contributed by atoms with E-state index < -0.39 is 17.8 Å². The van der Waals surface area contributed by atoms with Crippen LogP contribution in [0.2, 0.25) is 0 Å². The molecule has 2 aromatic carbocycles. The highest BCUT2D eigenvalue weighted by Crippen LogP contribution is 2.25. The largest absolute Gasteiger partial charge is 0.427 e. The summed E-state index contributed by atoms with van der Waals surface area (Å²) in [6, 6.07) is 13.6. The summed E-state index contributed by atoms with van der Waals surface area (Å²) in [5, 5.41) is 2.75. The Morgan fingerprint density at radius 2 is 1.58 bits per heavy atom. The van der Waals surface area contributed by atoms with Gasteiger partial charge in [0, 0.05) is 26.5 Å². The van der Waals surface area contributed by atoms with Gasteiger partial charge in [0.25, 0.3) is 5.91 Å². The lowest BCUT2D eigenvalue weighted by Crippen LogP contribution is -2.24. The fourth-order valence-corrected chi connectivity index (χ4v) is 2.03. The van der Waals surface area contributed by atoms with Gasteiger partial charge in [-0.3, -0.25) is 14.4 Å². The monoisotopic (exact) mass is 327 g/mol. The van der Waals surface area contributed by atoms with Gasteiger partial charge in [0.2, 0.25) is 0 Å². The lowest BCUT2D eigenvalue weighted by Gasteiger charge is -2.11. The van der Waals surface area contributed by atoms with Crippen LogP contribution in [-0.4, -0.2) is 17.8 Å². The summed E-state index contributed by atoms with van der Waals surface area (Å²) in [6.07, 6.45) is 0. The van der Waals surface area contributed by atoms with E-state index in [4.69, 9.17) is 9.47 Å². The van der Waals surface area contributed by atoms with Gasteiger partial charge in [-0.25, -0.2) is 0 Å². The third-order valence-corrected chi connectivity index (χ3v) is 3.01. The predicted molar refractivity (Wildman–Crippen MR) is 86.7 cm³/mol. The average molecular weight is 327 g/mol. The lowest BCUT2D eigenvalue weighted by molar-refractivity contribution is -0.132. The Morgan fingerprint density at radius 1 is 0.917 bits per heavy atom. The number of benzene rings is 2. The van der Waals surface area contributed by atoms with Crippen molar-refractivity contribution in [2.45, 2.75) is 20.4 Å².